The first-order chi connectivity index (χ1) is 4.64. The SMILES string of the molecule is CC1(C)CC[C@@H](OC=O)N1.Cl. The molecule has 4 heteroatoms. The van der Waals surface area contributed by atoms with Gasteiger partial charge in [0.25, 0.3) is 6.47 Å². The number of carbonyl (C=O) groups is 1. The van der Waals surface area contributed by atoms with Gasteiger partial charge >= 0.3 is 0 Å². The molecule has 0 aromatic carbocycles. The summed E-state index contributed by atoms with van der Waals surface area (Å²) < 4.78 is 4.75. The third kappa shape index (κ3) is 3.08. The molecule has 1 aliphatic heterocycles. The molecule has 0 aromatic rings. The van der Waals surface area contributed by atoms with Gasteiger partial charge in [0, 0.05) is 5.54 Å². The van der Waals surface area contributed by atoms with Crippen LogP contribution in [0.2, 0.25) is 0 Å². The molecular formula is C7H14ClNO2. The Balaban J connectivity index is 0.000001000. The van der Waals surface area contributed by atoms with E-state index in [1.165, 1.54) is 0 Å². The first kappa shape index (κ1) is 10.7. The number of nitrogens with one attached hydrogen (secondary N) is 1. The van der Waals surface area contributed by atoms with Crippen LogP contribution in [0.25, 0.3) is 0 Å². The predicted octanol–water partition coefficient (Wildman–Crippen LogP) is 1.07. The molecule has 1 aliphatic rings. The third-order valence-electron chi connectivity index (χ3n) is 1.80. The monoisotopic (exact) mass is 179 g/mol. The molecule has 0 radical (unpaired) electrons. The quantitative estimate of drug-likeness (QED) is 0.645. The van der Waals surface area contributed by atoms with E-state index in [0.29, 0.717) is 6.47 Å². The summed E-state index contributed by atoms with van der Waals surface area (Å²) in [6.07, 6.45) is 1.92. The number of ether oxygens (including phenoxy) is 1. The van der Waals surface area contributed by atoms with Crippen molar-refractivity contribution in [1.29, 1.82) is 0 Å². The summed E-state index contributed by atoms with van der Waals surface area (Å²) >= 11 is 0. The molecule has 1 N–H and O–H groups in total. The molecule has 0 amide bonds. The van der Waals surface area contributed by atoms with Crippen molar-refractivity contribution in [3.05, 3.63) is 0 Å². The van der Waals surface area contributed by atoms with E-state index in [1.807, 2.05) is 0 Å². The Morgan fingerprint density at radius 3 is 2.64 bits per heavy atom. The van der Waals surface area contributed by atoms with E-state index in [4.69, 9.17) is 4.74 Å². The molecule has 3 nitrogen and oxygen atoms in total. The zero-order valence-corrected chi connectivity index (χ0v) is 7.61. The standard InChI is InChI=1S/C7H13NO2.ClH/c1-7(2)4-3-6(8-7)10-5-9;/h5-6,8H,3-4H2,1-2H3;1H/t6-;/m1./s1. The third-order valence-corrected chi connectivity index (χ3v) is 1.80. The summed E-state index contributed by atoms with van der Waals surface area (Å²) in [6.45, 7) is 4.70. The van der Waals surface area contributed by atoms with Gasteiger partial charge in [0.05, 0.1) is 0 Å². The smallest absolute Gasteiger partial charge is 0.294 e. The largest absolute Gasteiger partial charge is 0.449 e. The average molecular weight is 180 g/mol. The van der Waals surface area contributed by atoms with Crippen molar-refractivity contribution in [2.75, 3.05) is 0 Å². The fraction of sp³-hybridized carbons (Fsp3) is 0.857. The van der Waals surface area contributed by atoms with Gasteiger partial charge in [-0.1, -0.05) is 0 Å². The Kier molecular flexibility index (Phi) is 3.83. The molecule has 1 heterocycles. The molecule has 1 fully saturated rings. The lowest BCUT2D eigenvalue weighted by Crippen LogP contribution is -2.38. The highest BCUT2D eigenvalue weighted by Gasteiger charge is 2.30. The van der Waals surface area contributed by atoms with Crippen LogP contribution in [0.1, 0.15) is 26.7 Å². The second-order valence-corrected chi connectivity index (χ2v) is 3.29. The first-order valence-corrected chi connectivity index (χ1v) is 3.51. The van der Waals surface area contributed by atoms with Gasteiger partial charge in [-0.2, -0.15) is 0 Å². The van der Waals surface area contributed by atoms with Gasteiger partial charge < -0.3 is 4.74 Å². The molecule has 0 aliphatic carbocycles. The first-order valence-electron chi connectivity index (χ1n) is 3.51. The lowest BCUT2D eigenvalue weighted by Gasteiger charge is -2.18. The summed E-state index contributed by atoms with van der Waals surface area (Å²) in [7, 11) is 0. The van der Waals surface area contributed by atoms with Gasteiger partial charge in [0.1, 0.15) is 0 Å². The summed E-state index contributed by atoms with van der Waals surface area (Å²) in [5.74, 6) is 0. The molecule has 0 unspecified atom stereocenters. The summed E-state index contributed by atoms with van der Waals surface area (Å²) in [4.78, 5) is 9.91. The van der Waals surface area contributed by atoms with Crippen LogP contribution >= 0.6 is 12.4 Å². The van der Waals surface area contributed by atoms with Gasteiger partial charge in [-0.3, -0.25) is 10.1 Å². The summed E-state index contributed by atoms with van der Waals surface area (Å²) in [5, 5.41) is 3.18. The molecule has 66 valence electrons. The Labute approximate surface area is 72.9 Å². The van der Waals surface area contributed by atoms with Crippen LogP contribution in [0.15, 0.2) is 0 Å². The molecule has 1 rings (SSSR count). The minimum absolute atomic E-state index is 0. The van der Waals surface area contributed by atoms with Gasteiger partial charge in [0.15, 0.2) is 6.23 Å². The van der Waals surface area contributed by atoms with Crippen LogP contribution in [0.5, 0.6) is 0 Å². The van der Waals surface area contributed by atoms with E-state index in [2.05, 4.69) is 19.2 Å². The Hall–Kier alpha value is -0.280. The Morgan fingerprint density at radius 2 is 2.27 bits per heavy atom. The van der Waals surface area contributed by atoms with Crippen molar-refractivity contribution >= 4 is 18.9 Å². The normalized spacial score (nSPS) is 27.3. The predicted molar refractivity (Wildman–Crippen MR) is 44.6 cm³/mol. The van der Waals surface area contributed by atoms with Crippen LogP contribution in [0.3, 0.4) is 0 Å². The van der Waals surface area contributed by atoms with E-state index < -0.39 is 0 Å². The fourth-order valence-corrected chi connectivity index (χ4v) is 1.24. The van der Waals surface area contributed by atoms with Gasteiger partial charge in [0.2, 0.25) is 0 Å². The maximum atomic E-state index is 9.91. The molecule has 0 bridgehead atoms. The Bertz CT molecular complexity index is 138. The second kappa shape index (κ2) is 3.93. The number of hydrogen-bond acceptors (Lipinski definition) is 3. The molecule has 11 heavy (non-hydrogen) atoms. The molecule has 0 saturated carbocycles. The lowest BCUT2D eigenvalue weighted by atomic mass is 10.0. The maximum Gasteiger partial charge on any atom is 0.294 e. The molecule has 1 atom stereocenters. The van der Waals surface area contributed by atoms with E-state index in [9.17, 15) is 4.79 Å². The second-order valence-electron chi connectivity index (χ2n) is 3.29. The molecule has 0 spiro atoms. The van der Waals surface area contributed by atoms with Crippen molar-refractivity contribution in [3.63, 3.8) is 0 Å². The zero-order valence-electron chi connectivity index (χ0n) is 6.79. The number of hydrogen-bond donors (Lipinski definition) is 1. The number of rotatable bonds is 2. The average Bonchev–Trinajstić information content (AvgIpc) is 2.12. The van der Waals surface area contributed by atoms with Crippen molar-refractivity contribution in [3.8, 4) is 0 Å². The van der Waals surface area contributed by atoms with Crippen molar-refractivity contribution in [2.24, 2.45) is 0 Å². The van der Waals surface area contributed by atoms with E-state index >= 15 is 0 Å². The fourth-order valence-electron chi connectivity index (χ4n) is 1.24. The maximum absolute atomic E-state index is 9.91. The molecule has 1 saturated heterocycles. The van der Waals surface area contributed by atoms with Crippen molar-refractivity contribution in [1.82, 2.24) is 5.32 Å². The minimum Gasteiger partial charge on any atom is -0.449 e. The van der Waals surface area contributed by atoms with Gasteiger partial charge in [-0.15, -0.1) is 12.4 Å². The van der Waals surface area contributed by atoms with E-state index in [1.54, 1.807) is 0 Å². The zero-order chi connectivity index (χ0) is 7.61. The highest BCUT2D eigenvalue weighted by atomic mass is 35.5. The van der Waals surface area contributed by atoms with Gasteiger partial charge in [-0.05, 0) is 26.7 Å². The minimum atomic E-state index is -0.0625. The topological polar surface area (TPSA) is 38.3 Å². The van der Waals surface area contributed by atoms with Crippen LogP contribution in [0.4, 0.5) is 0 Å². The van der Waals surface area contributed by atoms with E-state index in [-0.39, 0.29) is 24.2 Å². The molecule has 0 aromatic heterocycles. The highest BCUT2D eigenvalue weighted by molar-refractivity contribution is 5.85. The van der Waals surface area contributed by atoms with Crippen LogP contribution in [-0.2, 0) is 9.53 Å². The van der Waals surface area contributed by atoms with Crippen molar-refractivity contribution in [2.45, 2.75) is 38.5 Å². The van der Waals surface area contributed by atoms with E-state index in [0.717, 1.165) is 12.8 Å². The van der Waals surface area contributed by atoms with Crippen LogP contribution in [0, 0.1) is 0 Å². The Morgan fingerprint density at radius 1 is 1.64 bits per heavy atom. The van der Waals surface area contributed by atoms with Crippen LogP contribution in [-0.4, -0.2) is 18.2 Å². The summed E-state index contributed by atoms with van der Waals surface area (Å²) in [6, 6.07) is 0. The number of carbonyl (C=O) groups excluding carboxylic acids is 1. The van der Waals surface area contributed by atoms with Crippen molar-refractivity contribution < 1.29 is 9.53 Å². The number of halogens is 1. The molecular weight excluding hydrogens is 166 g/mol. The highest BCUT2D eigenvalue weighted by Crippen LogP contribution is 2.21. The van der Waals surface area contributed by atoms with Crippen LogP contribution < -0.4 is 5.32 Å². The van der Waals surface area contributed by atoms with Gasteiger partial charge in [-0.25, -0.2) is 0 Å². The summed E-state index contributed by atoms with van der Waals surface area (Å²) in [5.41, 5.74) is 0.133. The lowest BCUT2D eigenvalue weighted by molar-refractivity contribution is -0.134.